The quantitative estimate of drug-likeness (QED) is 0.625. The van der Waals surface area contributed by atoms with Gasteiger partial charge in [-0.1, -0.05) is 18.2 Å². The number of hydrogen-bond acceptors (Lipinski definition) is 7. The van der Waals surface area contributed by atoms with Crippen LogP contribution >= 0.6 is 0 Å². The molecule has 10 heteroatoms. The molecular weight excluding hydrogens is 373 g/mol. The number of nitrogens with one attached hydrogen (secondary N) is 1. The Kier molecular flexibility index (Phi) is 4.90. The summed E-state index contributed by atoms with van der Waals surface area (Å²) in [6.07, 6.45) is -4.59. The summed E-state index contributed by atoms with van der Waals surface area (Å²) in [7, 11) is 0. The zero-order valence-electron chi connectivity index (χ0n) is 15.0. The van der Waals surface area contributed by atoms with Gasteiger partial charge < -0.3 is 16.2 Å². The van der Waals surface area contributed by atoms with Gasteiger partial charge in [-0.15, -0.1) is 0 Å². The Morgan fingerprint density at radius 2 is 1.68 bits per heavy atom. The number of pyridine rings is 1. The minimum Gasteiger partial charge on any atom is -0.386 e. The molecule has 2 heterocycles. The van der Waals surface area contributed by atoms with Crippen molar-refractivity contribution in [2.24, 2.45) is 0 Å². The van der Waals surface area contributed by atoms with Crippen LogP contribution in [0.5, 0.6) is 0 Å². The van der Waals surface area contributed by atoms with Crippen LogP contribution in [0.1, 0.15) is 25.1 Å². The molecule has 0 fully saturated rings. The summed E-state index contributed by atoms with van der Waals surface area (Å²) in [5, 5.41) is 13.0. The Balaban J connectivity index is 1.95. The zero-order chi connectivity index (χ0) is 20.5. The fourth-order valence-electron chi connectivity index (χ4n) is 2.39. The Morgan fingerprint density at radius 1 is 0.964 bits per heavy atom. The molecule has 3 rings (SSSR count). The summed E-state index contributed by atoms with van der Waals surface area (Å²) in [6.45, 7) is 3.29. The summed E-state index contributed by atoms with van der Waals surface area (Å²) >= 11 is 0. The summed E-state index contributed by atoms with van der Waals surface area (Å²) in [5.41, 5.74) is 4.70. The van der Waals surface area contributed by atoms with Gasteiger partial charge >= 0.3 is 6.18 Å². The minimum atomic E-state index is -4.59. The fraction of sp³-hybridized carbons (Fsp3) is 0.222. The van der Waals surface area contributed by atoms with E-state index in [4.69, 9.17) is 5.73 Å². The first-order valence-corrected chi connectivity index (χ1v) is 8.18. The van der Waals surface area contributed by atoms with Gasteiger partial charge in [0, 0.05) is 5.69 Å². The minimum absolute atomic E-state index is 0.0367. The smallest absolute Gasteiger partial charge is 0.386 e. The van der Waals surface area contributed by atoms with Gasteiger partial charge in [0.1, 0.15) is 11.4 Å². The highest BCUT2D eigenvalue weighted by Gasteiger charge is 2.32. The lowest BCUT2D eigenvalue weighted by molar-refractivity contribution is -0.141. The van der Waals surface area contributed by atoms with Crippen LogP contribution < -0.4 is 11.1 Å². The second kappa shape index (κ2) is 7.04. The van der Waals surface area contributed by atoms with Gasteiger partial charge in [-0.05, 0) is 43.7 Å². The topological polar surface area (TPSA) is 110 Å². The Morgan fingerprint density at radius 3 is 2.36 bits per heavy atom. The predicted octanol–water partition coefficient (Wildman–Crippen LogP) is 3.51. The third-order valence-corrected chi connectivity index (χ3v) is 3.75. The highest BCUT2D eigenvalue weighted by atomic mass is 19.4. The maximum atomic E-state index is 12.9. The average molecular weight is 390 g/mol. The molecule has 0 saturated heterocycles. The Hall–Kier alpha value is -3.27. The molecule has 0 spiro atoms. The highest BCUT2D eigenvalue weighted by Crippen LogP contribution is 2.29. The van der Waals surface area contributed by atoms with Crippen molar-refractivity contribution in [3.8, 4) is 11.5 Å². The van der Waals surface area contributed by atoms with Crippen molar-refractivity contribution in [1.29, 1.82) is 0 Å². The molecule has 0 unspecified atom stereocenters. The van der Waals surface area contributed by atoms with E-state index in [0.717, 1.165) is 6.07 Å². The number of rotatable bonds is 4. The van der Waals surface area contributed by atoms with Crippen LogP contribution in [0.4, 0.5) is 30.8 Å². The first kappa shape index (κ1) is 19.5. The van der Waals surface area contributed by atoms with Crippen molar-refractivity contribution in [3.05, 3.63) is 53.7 Å². The van der Waals surface area contributed by atoms with E-state index in [2.05, 4.69) is 25.3 Å². The summed E-state index contributed by atoms with van der Waals surface area (Å²) < 4.78 is 38.7. The molecule has 0 saturated carbocycles. The van der Waals surface area contributed by atoms with Crippen molar-refractivity contribution in [2.45, 2.75) is 25.6 Å². The van der Waals surface area contributed by atoms with E-state index in [1.165, 1.54) is 12.1 Å². The number of aromatic nitrogens is 4. The standard InChI is InChI=1S/C18H17F3N6O/c1-17(2,28)10-5-3-6-11(9-10)23-16-26-14(25-15(22)27-16)12-7-4-8-13(24-12)18(19,20)21/h3-9,28H,1-2H3,(H3,22,23,25,26,27). The number of nitrogens with two attached hydrogens (primary N) is 1. The largest absolute Gasteiger partial charge is 0.433 e. The van der Waals surface area contributed by atoms with Crippen molar-refractivity contribution >= 4 is 17.6 Å². The number of benzene rings is 1. The zero-order valence-corrected chi connectivity index (χ0v) is 15.0. The molecular formula is C18H17F3N6O. The Labute approximate surface area is 158 Å². The van der Waals surface area contributed by atoms with E-state index in [1.807, 2.05) is 0 Å². The van der Waals surface area contributed by atoms with Gasteiger partial charge in [-0.2, -0.15) is 28.1 Å². The lowest BCUT2D eigenvalue weighted by atomic mass is 9.98. The van der Waals surface area contributed by atoms with Gasteiger partial charge in [0.2, 0.25) is 11.9 Å². The summed E-state index contributed by atoms with van der Waals surface area (Å²) in [4.78, 5) is 15.5. The molecule has 1 aromatic carbocycles. The lowest BCUT2D eigenvalue weighted by Gasteiger charge is -2.18. The van der Waals surface area contributed by atoms with E-state index in [9.17, 15) is 18.3 Å². The van der Waals surface area contributed by atoms with Crippen LogP contribution in [0, 0.1) is 0 Å². The Bertz CT molecular complexity index is 1000. The molecule has 7 nitrogen and oxygen atoms in total. The van der Waals surface area contributed by atoms with Crippen molar-refractivity contribution < 1.29 is 18.3 Å². The molecule has 0 bridgehead atoms. The second-order valence-electron chi connectivity index (χ2n) is 6.51. The molecule has 0 aliphatic rings. The van der Waals surface area contributed by atoms with Crippen LogP contribution in [-0.4, -0.2) is 25.0 Å². The molecule has 0 radical (unpaired) electrons. The van der Waals surface area contributed by atoms with E-state index < -0.39 is 17.5 Å². The molecule has 0 amide bonds. The van der Waals surface area contributed by atoms with Crippen molar-refractivity contribution in [3.63, 3.8) is 0 Å². The molecule has 28 heavy (non-hydrogen) atoms. The van der Waals surface area contributed by atoms with Crippen LogP contribution in [-0.2, 0) is 11.8 Å². The fourth-order valence-corrected chi connectivity index (χ4v) is 2.39. The van der Waals surface area contributed by atoms with Crippen molar-refractivity contribution in [2.75, 3.05) is 11.1 Å². The van der Waals surface area contributed by atoms with Gasteiger partial charge in [0.05, 0.1) is 5.60 Å². The van der Waals surface area contributed by atoms with E-state index in [-0.39, 0.29) is 23.4 Å². The number of aliphatic hydroxyl groups is 1. The molecule has 0 aliphatic carbocycles. The SMILES string of the molecule is CC(C)(O)c1cccc(Nc2nc(N)nc(-c3cccc(C(F)(F)F)n3)n2)c1. The van der Waals surface area contributed by atoms with Crippen LogP contribution in [0.2, 0.25) is 0 Å². The van der Waals surface area contributed by atoms with Crippen LogP contribution in [0.15, 0.2) is 42.5 Å². The van der Waals surface area contributed by atoms with Crippen molar-refractivity contribution in [1.82, 2.24) is 19.9 Å². The highest BCUT2D eigenvalue weighted by molar-refractivity contribution is 5.59. The first-order valence-electron chi connectivity index (χ1n) is 8.18. The van der Waals surface area contributed by atoms with Crippen LogP contribution in [0.25, 0.3) is 11.5 Å². The molecule has 0 atom stereocenters. The van der Waals surface area contributed by atoms with Gasteiger partial charge in [-0.3, -0.25) is 0 Å². The monoisotopic (exact) mass is 390 g/mol. The number of hydrogen-bond donors (Lipinski definition) is 3. The number of alkyl halides is 3. The number of nitrogen functional groups attached to an aromatic ring is 1. The molecule has 0 aliphatic heterocycles. The number of halogens is 3. The number of anilines is 3. The molecule has 146 valence electrons. The van der Waals surface area contributed by atoms with E-state index in [0.29, 0.717) is 11.3 Å². The maximum absolute atomic E-state index is 12.9. The molecule has 2 aromatic heterocycles. The predicted molar refractivity (Wildman–Crippen MR) is 97.4 cm³/mol. The van der Waals surface area contributed by atoms with Gasteiger partial charge in [-0.25, -0.2) is 4.98 Å². The molecule has 3 aromatic rings. The van der Waals surface area contributed by atoms with Gasteiger partial charge in [0.15, 0.2) is 5.82 Å². The second-order valence-corrected chi connectivity index (χ2v) is 6.51. The number of nitrogens with zero attached hydrogens (tertiary/aromatic N) is 4. The first-order chi connectivity index (χ1) is 13.0. The maximum Gasteiger partial charge on any atom is 0.433 e. The average Bonchev–Trinajstić information content (AvgIpc) is 2.60. The van der Waals surface area contributed by atoms with E-state index >= 15 is 0 Å². The van der Waals surface area contributed by atoms with Crippen LogP contribution in [0.3, 0.4) is 0 Å². The van der Waals surface area contributed by atoms with Gasteiger partial charge in [0.25, 0.3) is 0 Å². The third-order valence-electron chi connectivity index (χ3n) is 3.75. The third kappa shape index (κ3) is 4.52. The lowest BCUT2D eigenvalue weighted by Crippen LogP contribution is -2.15. The molecule has 4 N–H and O–H groups in total. The normalized spacial score (nSPS) is 12.1. The summed E-state index contributed by atoms with van der Waals surface area (Å²) in [6, 6.07) is 10.3. The van der Waals surface area contributed by atoms with E-state index in [1.54, 1.807) is 38.1 Å². The summed E-state index contributed by atoms with van der Waals surface area (Å²) in [5.74, 6) is -0.236.